The van der Waals surface area contributed by atoms with Crippen molar-refractivity contribution in [2.45, 2.75) is 20.3 Å². The standard InChI is InChI=1S/C21H20/c1-4-16(13-12-15(2)3)18-10-7-11-20-19-9-6-5-8-17(19)14-21(18)20/h4-13H,1,14H2,2-3H3/b16-13+. The first-order valence-corrected chi connectivity index (χ1v) is 7.39. The molecule has 0 N–H and O–H groups in total. The molecule has 0 heterocycles. The molecule has 104 valence electrons. The van der Waals surface area contributed by atoms with Crippen LogP contribution in [0.15, 0.2) is 72.8 Å². The van der Waals surface area contributed by atoms with Gasteiger partial charge in [0.25, 0.3) is 0 Å². The van der Waals surface area contributed by atoms with E-state index in [0.29, 0.717) is 0 Å². The van der Waals surface area contributed by atoms with E-state index in [4.69, 9.17) is 0 Å². The van der Waals surface area contributed by atoms with Crippen molar-refractivity contribution in [3.63, 3.8) is 0 Å². The maximum atomic E-state index is 3.99. The number of benzene rings is 2. The third-order valence-electron chi connectivity index (χ3n) is 3.98. The van der Waals surface area contributed by atoms with Gasteiger partial charge >= 0.3 is 0 Å². The Hall–Kier alpha value is -2.34. The van der Waals surface area contributed by atoms with Crippen molar-refractivity contribution in [3.05, 3.63) is 89.5 Å². The first kappa shape index (κ1) is 13.6. The predicted molar refractivity (Wildman–Crippen MR) is 92.3 cm³/mol. The smallest absolute Gasteiger partial charge is 0.000729 e. The van der Waals surface area contributed by atoms with Gasteiger partial charge in [-0.1, -0.05) is 72.8 Å². The van der Waals surface area contributed by atoms with Crippen molar-refractivity contribution >= 4 is 5.57 Å². The number of allylic oxidation sites excluding steroid dienone is 5. The van der Waals surface area contributed by atoms with Gasteiger partial charge in [0.15, 0.2) is 0 Å². The summed E-state index contributed by atoms with van der Waals surface area (Å²) < 4.78 is 0. The van der Waals surface area contributed by atoms with Gasteiger partial charge in [0.1, 0.15) is 0 Å². The molecule has 3 rings (SSSR count). The fourth-order valence-electron chi connectivity index (χ4n) is 2.95. The van der Waals surface area contributed by atoms with Crippen LogP contribution < -0.4 is 0 Å². The molecule has 0 fully saturated rings. The van der Waals surface area contributed by atoms with Crippen LogP contribution in [0.3, 0.4) is 0 Å². The average Bonchev–Trinajstić information content (AvgIpc) is 2.87. The van der Waals surface area contributed by atoms with Gasteiger partial charge in [0.05, 0.1) is 0 Å². The van der Waals surface area contributed by atoms with Crippen LogP contribution in [0.25, 0.3) is 16.7 Å². The molecule has 21 heavy (non-hydrogen) atoms. The molecule has 0 saturated heterocycles. The Morgan fingerprint density at radius 2 is 1.71 bits per heavy atom. The highest BCUT2D eigenvalue weighted by Crippen LogP contribution is 2.40. The first-order chi connectivity index (χ1) is 10.2. The molecule has 2 aromatic rings. The van der Waals surface area contributed by atoms with Gasteiger partial charge in [0.2, 0.25) is 0 Å². The van der Waals surface area contributed by atoms with Crippen molar-refractivity contribution in [3.8, 4) is 11.1 Å². The number of hydrogen-bond donors (Lipinski definition) is 0. The van der Waals surface area contributed by atoms with Crippen molar-refractivity contribution in [2.75, 3.05) is 0 Å². The lowest BCUT2D eigenvalue weighted by Crippen LogP contribution is -1.90. The lowest BCUT2D eigenvalue weighted by molar-refractivity contribution is 1.25. The minimum Gasteiger partial charge on any atom is -0.0984 e. The normalized spacial score (nSPS) is 12.6. The van der Waals surface area contributed by atoms with Crippen molar-refractivity contribution in [1.82, 2.24) is 0 Å². The highest BCUT2D eigenvalue weighted by Gasteiger charge is 2.20. The Morgan fingerprint density at radius 3 is 2.48 bits per heavy atom. The van der Waals surface area contributed by atoms with Gasteiger partial charge in [-0.2, -0.15) is 0 Å². The van der Waals surface area contributed by atoms with Crippen LogP contribution in [0.2, 0.25) is 0 Å². The van der Waals surface area contributed by atoms with Crippen LogP contribution in [0.1, 0.15) is 30.5 Å². The van der Waals surface area contributed by atoms with Crippen molar-refractivity contribution < 1.29 is 0 Å². The fraction of sp³-hybridized carbons (Fsp3) is 0.143. The lowest BCUT2D eigenvalue weighted by Gasteiger charge is -2.09. The van der Waals surface area contributed by atoms with Gasteiger partial charge in [0, 0.05) is 0 Å². The molecule has 0 bridgehead atoms. The molecule has 0 atom stereocenters. The molecule has 1 aliphatic rings. The summed E-state index contributed by atoms with van der Waals surface area (Å²) in [6.45, 7) is 8.22. The molecule has 0 spiro atoms. The zero-order valence-corrected chi connectivity index (χ0v) is 12.7. The second-order valence-electron chi connectivity index (χ2n) is 5.74. The van der Waals surface area contributed by atoms with E-state index in [1.165, 1.54) is 39.0 Å². The summed E-state index contributed by atoms with van der Waals surface area (Å²) in [5.74, 6) is 0. The number of hydrogen-bond acceptors (Lipinski definition) is 0. The number of rotatable bonds is 3. The van der Waals surface area contributed by atoms with E-state index in [2.05, 4.69) is 75.0 Å². The van der Waals surface area contributed by atoms with Crippen LogP contribution in [0, 0.1) is 0 Å². The maximum absolute atomic E-state index is 3.99. The van der Waals surface area contributed by atoms with Gasteiger partial charge in [-0.15, -0.1) is 0 Å². The highest BCUT2D eigenvalue weighted by atomic mass is 14.2. The van der Waals surface area contributed by atoms with Crippen LogP contribution in [0.5, 0.6) is 0 Å². The van der Waals surface area contributed by atoms with Crippen LogP contribution >= 0.6 is 0 Å². The molecule has 0 amide bonds. The predicted octanol–water partition coefficient (Wildman–Crippen LogP) is 5.79. The van der Waals surface area contributed by atoms with Gasteiger partial charge < -0.3 is 0 Å². The highest BCUT2D eigenvalue weighted by molar-refractivity contribution is 5.86. The number of fused-ring (bicyclic) bond motifs is 3. The first-order valence-electron chi connectivity index (χ1n) is 7.39. The summed E-state index contributed by atoms with van der Waals surface area (Å²) in [7, 11) is 0. The Morgan fingerprint density at radius 1 is 0.952 bits per heavy atom. The van der Waals surface area contributed by atoms with E-state index in [9.17, 15) is 0 Å². The summed E-state index contributed by atoms with van der Waals surface area (Å²) in [4.78, 5) is 0. The Balaban J connectivity index is 2.14. The summed E-state index contributed by atoms with van der Waals surface area (Å²) >= 11 is 0. The zero-order chi connectivity index (χ0) is 14.8. The van der Waals surface area contributed by atoms with E-state index < -0.39 is 0 Å². The minimum atomic E-state index is 1.02. The van der Waals surface area contributed by atoms with E-state index in [1.54, 1.807) is 0 Å². The molecule has 0 aliphatic heterocycles. The third kappa shape index (κ3) is 2.50. The average molecular weight is 272 g/mol. The summed E-state index contributed by atoms with van der Waals surface area (Å²) in [6, 6.07) is 15.3. The molecule has 0 heteroatoms. The Labute approximate surface area is 127 Å². The second kappa shape index (κ2) is 5.57. The topological polar surface area (TPSA) is 0 Å². The van der Waals surface area contributed by atoms with Gasteiger partial charge in [-0.25, -0.2) is 0 Å². The fourth-order valence-corrected chi connectivity index (χ4v) is 2.95. The Bertz CT molecular complexity index is 753. The molecular formula is C21H20. The summed E-state index contributed by atoms with van der Waals surface area (Å²) in [5.41, 5.74) is 9.38. The quantitative estimate of drug-likeness (QED) is 0.529. The maximum Gasteiger partial charge on any atom is -0.000729 e. The van der Waals surface area contributed by atoms with E-state index >= 15 is 0 Å². The third-order valence-corrected chi connectivity index (χ3v) is 3.98. The summed E-state index contributed by atoms with van der Waals surface area (Å²) in [5, 5.41) is 0. The van der Waals surface area contributed by atoms with Gasteiger partial charge in [-0.3, -0.25) is 0 Å². The molecule has 2 aromatic carbocycles. The zero-order valence-electron chi connectivity index (χ0n) is 12.7. The molecule has 0 nitrogen and oxygen atoms in total. The van der Waals surface area contributed by atoms with E-state index in [1.807, 2.05) is 6.08 Å². The van der Waals surface area contributed by atoms with Crippen molar-refractivity contribution in [2.24, 2.45) is 0 Å². The monoisotopic (exact) mass is 272 g/mol. The summed E-state index contributed by atoms with van der Waals surface area (Å²) in [6.07, 6.45) is 7.29. The largest absolute Gasteiger partial charge is 0.0984 e. The second-order valence-corrected chi connectivity index (χ2v) is 5.74. The van der Waals surface area contributed by atoms with E-state index in [-0.39, 0.29) is 0 Å². The van der Waals surface area contributed by atoms with Crippen molar-refractivity contribution in [1.29, 1.82) is 0 Å². The Kier molecular flexibility index (Phi) is 3.62. The molecule has 0 radical (unpaired) electrons. The molecule has 0 aromatic heterocycles. The molecule has 1 aliphatic carbocycles. The van der Waals surface area contributed by atoms with Gasteiger partial charge in [-0.05, 0) is 53.7 Å². The molecular weight excluding hydrogens is 252 g/mol. The molecule has 0 unspecified atom stereocenters. The lowest BCUT2D eigenvalue weighted by atomic mass is 9.95. The molecule has 0 saturated carbocycles. The van der Waals surface area contributed by atoms with E-state index in [0.717, 1.165) is 6.42 Å². The van der Waals surface area contributed by atoms with Crippen LogP contribution in [0.4, 0.5) is 0 Å². The van der Waals surface area contributed by atoms with Crippen LogP contribution in [-0.4, -0.2) is 0 Å². The minimum absolute atomic E-state index is 1.02. The SMILES string of the molecule is C=C/C(=C\C=C(C)C)c1cccc2c1Cc1ccccc1-2. The van der Waals surface area contributed by atoms with Crippen LogP contribution in [-0.2, 0) is 6.42 Å².